The van der Waals surface area contributed by atoms with Crippen molar-refractivity contribution in [3.05, 3.63) is 53.3 Å². The van der Waals surface area contributed by atoms with Gasteiger partial charge in [-0.15, -0.1) is 0 Å². The molecule has 4 heterocycles. The molecule has 216 valence electrons. The molecule has 2 saturated heterocycles. The van der Waals surface area contributed by atoms with Gasteiger partial charge >= 0.3 is 11.9 Å². The van der Waals surface area contributed by atoms with Gasteiger partial charge in [0.25, 0.3) is 0 Å². The first-order valence-electron chi connectivity index (χ1n) is 12.6. The number of hydrogen-bond acceptors (Lipinski definition) is 14. The van der Waals surface area contributed by atoms with Crippen molar-refractivity contribution in [2.75, 3.05) is 13.7 Å². The number of carbonyl (C=O) groups is 2. The van der Waals surface area contributed by atoms with E-state index >= 15 is 0 Å². The molecule has 0 radical (unpaired) electrons. The van der Waals surface area contributed by atoms with Crippen LogP contribution in [-0.4, -0.2) is 111 Å². The SMILES string of the molecule is COC(=O)C1=CO[C@@H](O[C@@H]2O[C@H](CO)[C@@H](O)[C@H](O)[C@H]2O)[C@H]2[C@@H]1[C@@H]1O[C@@H]1[C@@]21C=C([C@H](O)c2ccc(O)cc2)C(=O)O1. The van der Waals surface area contributed by atoms with Gasteiger partial charge in [-0.3, -0.25) is 0 Å². The summed E-state index contributed by atoms with van der Waals surface area (Å²) in [5.41, 5.74) is -1.29. The first-order chi connectivity index (χ1) is 19.1. The number of hydrogen-bond donors (Lipinski definition) is 6. The van der Waals surface area contributed by atoms with E-state index in [2.05, 4.69) is 0 Å². The van der Waals surface area contributed by atoms with Crippen molar-refractivity contribution in [2.45, 2.75) is 60.9 Å². The Morgan fingerprint density at radius 3 is 2.48 bits per heavy atom. The van der Waals surface area contributed by atoms with Gasteiger partial charge in [0.1, 0.15) is 42.4 Å². The normalized spacial score (nSPS) is 42.2. The quantitative estimate of drug-likeness (QED) is 0.161. The molecule has 3 fully saturated rings. The van der Waals surface area contributed by atoms with Crippen molar-refractivity contribution in [1.29, 1.82) is 0 Å². The largest absolute Gasteiger partial charge is 0.508 e. The number of phenolic OH excluding ortho intramolecular Hbond substituents is 1. The zero-order valence-electron chi connectivity index (χ0n) is 21.0. The molecular weight excluding hydrogens is 536 g/mol. The summed E-state index contributed by atoms with van der Waals surface area (Å²) in [6, 6.07) is 5.60. The number of rotatable bonds is 6. The van der Waals surface area contributed by atoms with Gasteiger partial charge in [-0.2, -0.15) is 0 Å². The maximum Gasteiger partial charge on any atom is 0.337 e. The zero-order chi connectivity index (χ0) is 28.5. The Balaban J connectivity index is 1.36. The number of phenols is 1. The molecule has 1 aliphatic carbocycles. The third-order valence-corrected chi connectivity index (χ3v) is 8.14. The predicted molar refractivity (Wildman–Crippen MR) is 125 cm³/mol. The van der Waals surface area contributed by atoms with Crippen LogP contribution in [-0.2, 0) is 38.0 Å². The molecule has 1 aromatic carbocycles. The number of epoxide rings is 1. The first kappa shape index (κ1) is 27.1. The molecule has 14 nitrogen and oxygen atoms in total. The van der Waals surface area contributed by atoms with Crippen molar-refractivity contribution in [1.82, 2.24) is 0 Å². The van der Waals surface area contributed by atoms with E-state index in [1.165, 1.54) is 37.5 Å². The Bertz CT molecular complexity index is 1240. The molecule has 0 unspecified atom stereocenters. The highest BCUT2D eigenvalue weighted by atomic mass is 16.8. The minimum Gasteiger partial charge on any atom is -0.508 e. The van der Waals surface area contributed by atoms with Crippen LogP contribution < -0.4 is 0 Å². The van der Waals surface area contributed by atoms with Crippen molar-refractivity contribution in [3.63, 3.8) is 0 Å². The summed E-state index contributed by atoms with van der Waals surface area (Å²) in [7, 11) is 1.19. The highest BCUT2D eigenvalue weighted by molar-refractivity contribution is 5.94. The van der Waals surface area contributed by atoms with E-state index < -0.39 is 91.3 Å². The van der Waals surface area contributed by atoms with E-state index in [9.17, 15) is 40.2 Å². The van der Waals surface area contributed by atoms with E-state index in [0.717, 1.165) is 6.26 Å². The van der Waals surface area contributed by atoms with Gasteiger partial charge in [0.05, 0.1) is 43.1 Å². The Morgan fingerprint density at radius 2 is 1.80 bits per heavy atom. The van der Waals surface area contributed by atoms with Crippen LogP contribution in [0.15, 0.2) is 47.7 Å². The van der Waals surface area contributed by atoms with Crippen LogP contribution in [0.2, 0.25) is 0 Å². The number of ether oxygens (including phenoxy) is 6. The van der Waals surface area contributed by atoms with Crippen LogP contribution in [0.25, 0.3) is 0 Å². The second-order valence-corrected chi connectivity index (χ2v) is 10.3. The Labute approximate surface area is 226 Å². The number of carbonyl (C=O) groups excluding carboxylic acids is 2. The molecule has 6 rings (SSSR count). The first-order valence-corrected chi connectivity index (χ1v) is 12.6. The fraction of sp³-hybridized carbons (Fsp3) is 0.538. The molecule has 12 atom stereocenters. The lowest BCUT2D eigenvalue weighted by Gasteiger charge is -2.45. The average molecular weight is 564 g/mol. The monoisotopic (exact) mass is 564 g/mol. The molecule has 6 N–H and O–H groups in total. The Morgan fingerprint density at radius 1 is 1.07 bits per heavy atom. The molecule has 5 aliphatic rings. The van der Waals surface area contributed by atoms with E-state index in [0.29, 0.717) is 5.56 Å². The summed E-state index contributed by atoms with van der Waals surface area (Å²) in [4.78, 5) is 25.8. The lowest BCUT2D eigenvalue weighted by atomic mass is 9.78. The summed E-state index contributed by atoms with van der Waals surface area (Å²) in [6.45, 7) is -0.685. The van der Waals surface area contributed by atoms with Crippen LogP contribution in [0.1, 0.15) is 11.7 Å². The van der Waals surface area contributed by atoms with E-state index in [4.69, 9.17) is 28.4 Å². The van der Waals surface area contributed by atoms with Gasteiger partial charge in [0.15, 0.2) is 11.9 Å². The molecule has 0 bridgehead atoms. The lowest BCUT2D eigenvalue weighted by Crippen LogP contribution is -2.61. The second-order valence-electron chi connectivity index (χ2n) is 10.3. The van der Waals surface area contributed by atoms with Gasteiger partial charge in [-0.25, -0.2) is 9.59 Å². The predicted octanol–water partition coefficient (Wildman–Crippen LogP) is -2.11. The molecule has 1 spiro atoms. The maximum absolute atomic E-state index is 13.1. The standard InChI is InChI=1S/C26H28O14/c1-35-22(33)12-8-36-24(39-25-19(32)18(31)17(30)13(7-27)37-25)15-14(12)20-21(38-20)26(15)6-11(23(34)40-26)16(29)9-2-4-10(28)5-3-9/h2-6,8,13-21,24-25,27-32H,7H2,1H3/t13-,14-,15-,16-,17-,18+,19-,20+,21+,24+,25+,26-/m1/s1. The molecule has 0 aromatic heterocycles. The van der Waals surface area contributed by atoms with E-state index in [1.54, 1.807) is 0 Å². The smallest absolute Gasteiger partial charge is 0.337 e. The van der Waals surface area contributed by atoms with E-state index in [-0.39, 0.29) is 16.9 Å². The Kier molecular flexibility index (Phi) is 6.63. The third-order valence-electron chi connectivity index (χ3n) is 8.14. The molecule has 1 saturated carbocycles. The molecular formula is C26H28O14. The minimum absolute atomic E-state index is 0.0297. The summed E-state index contributed by atoms with van der Waals surface area (Å²) in [5, 5.41) is 61.0. The van der Waals surface area contributed by atoms with Crippen LogP contribution >= 0.6 is 0 Å². The van der Waals surface area contributed by atoms with Gasteiger partial charge in [-0.1, -0.05) is 12.1 Å². The fourth-order valence-corrected chi connectivity index (χ4v) is 6.10. The zero-order valence-corrected chi connectivity index (χ0v) is 21.0. The minimum atomic E-state index is -1.75. The number of aliphatic hydroxyl groups is 5. The number of fused-ring (bicyclic) bond motifs is 5. The van der Waals surface area contributed by atoms with Crippen molar-refractivity contribution in [2.24, 2.45) is 11.8 Å². The van der Waals surface area contributed by atoms with Crippen molar-refractivity contribution in [3.8, 4) is 5.75 Å². The van der Waals surface area contributed by atoms with Crippen LogP contribution in [0, 0.1) is 11.8 Å². The molecule has 1 aromatic rings. The van der Waals surface area contributed by atoms with Crippen LogP contribution in [0.5, 0.6) is 5.75 Å². The number of methoxy groups -OCH3 is 1. The topological polar surface area (TPSA) is 214 Å². The van der Waals surface area contributed by atoms with Gasteiger partial charge < -0.3 is 59.1 Å². The van der Waals surface area contributed by atoms with E-state index in [1.807, 2.05) is 0 Å². The number of aliphatic hydroxyl groups excluding tert-OH is 5. The Hall–Kier alpha value is -3.08. The fourth-order valence-electron chi connectivity index (χ4n) is 6.10. The summed E-state index contributed by atoms with van der Waals surface area (Å²) < 4.78 is 33.7. The second kappa shape index (κ2) is 9.78. The number of esters is 2. The van der Waals surface area contributed by atoms with Gasteiger partial charge in [0.2, 0.25) is 6.29 Å². The molecule has 40 heavy (non-hydrogen) atoms. The van der Waals surface area contributed by atoms with Crippen molar-refractivity contribution >= 4 is 11.9 Å². The number of aromatic hydroxyl groups is 1. The average Bonchev–Trinajstić information content (AvgIpc) is 3.62. The molecule has 4 aliphatic heterocycles. The number of benzene rings is 1. The molecule has 0 amide bonds. The maximum atomic E-state index is 13.1. The van der Waals surface area contributed by atoms with Crippen molar-refractivity contribution < 1.29 is 68.6 Å². The summed E-state index contributed by atoms with van der Waals surface area (Å²) >= 11 is 0. The van der Waals surface area contributed by atoms with Gasteiger partial charge in [0, 0.05) is 5.92 Å². The van der Waals surface area contributed by atoms with Crippen LogP contribution in [0.4, 0.5) is 0 Å². The highest BCUT2D eigenvalue weighted by Crippen LogP contribution is 2.63. The van der Waals surface area contributed by atoms with Crippen LogP contribution in [0.3, 0.4) is 0 Å². The summed E-state index contributed by atoms with van der Waals surface area (Å²) in [6.07, 6.45) is -9.54. The lowest BCUT2D eigenvalue weighted by molar-refractivity contribution is -0.347. The summed E-state index contributed by atoms with van der Waals surface area (Å²) in [5.74, 6) is -3.34. The highest BCUT2D eigenvalue weighted by Gasteiger charge is 2.78. The van der Waals surface area contributed by atoms with Gasteiger partial charge in [-0.05, 0) is 23.8 Å². The molecule has 14 heteroatoms. The third kappa shape index (κ3) is 4.02.